The number of benzene rings is 2. The second-order valence-corrected chi connectivity index (χ2v) is 7.25. The minimum absolute atomic E-state index is 0.150. The van der Waals surface area contributed by atoms with Crippen LogP contribution in [0.3, 0.4) is 0 Å². The zero-order chi connectivity index (χ0) is 19.8. The number of hydrogen-bond donors (Lipinski definition) is 1. The van der Waals surface area contributed by atoms with Gasteiger partial charge in [0.25, 0.3) is 0 Å². The van der Waals surface area contributed by atoms with E-state index in [1.54, 1.807) is 0 Å². The van der Waals surface area contributed by atoms with Crippen LogP contribution in [0.15, 0.2) is 46.9 Å². The fourth-order valence-corrected chi connectivity index (χ4v) is 3.68. The minimum Gasteiger partial charge on any atom is -0.465 e. The number of methoxy groups -OCH3 is 2. The molecule has 2 rings (SSSR count). The first-order valence-electron chi connectivity index (χ1n) is 7.87. The minimum atomic E-state index is -0.612. The molecule has 0 heterocycles. The number of ether oxygens (including phenoxy) is 2. The molecule has 0 radical (unpaired) electrons. The van der Waals surface area contributed by atoms with E-state index in [2.05, 4.69) is 30.7 Å². The Morgan fingerprint density at radius 1 is 1.00 bits per heavy atom. The van der Waals surface area contributed by atoms with Crippen molar-refractivity contribution >= 4 is 51.2 Å². The molecule has 142 valence electrons. The molecule has 0 bridgehead atoms. The van der Waals surface area contributed by atoms with E-state index >= 15 is 0 Å². The molecule has 2 aromatic carbocycles. The van der Waals surface area contributed by atoms with Gasteiger partial charge in [0.2, 0.25) is 5.91 Å². The number of rotatable bonds is 7. The van der Waals surface area contributed by atoms with E-state index in [9.17, 15) is 14.4 Å². The van der Waals surface area contributed by atoms with E-state index in [4.69, 9.17) is 0 Å². The molecule has 2 aromatic rings. The van der Waals surface area contributed by atoms with Gasteiger partial charge in [-0.2, -0.15) is 0 Å². The highest BCUT2D eigenvalue weighted by Gasteiger charge is 2.15. The summed E-state index contributed by atoms with van der Waals surface area (Å²) in [7, 11) is 2.48. The lowest BCUT2D eigenvalue weighted by molar-refractivity contribution is -0.113. The quantitative estimate of drug-likeness (QED) is 0.642. The lowest BCUT2D eigenvalue weighted by Gasteiger charge is -2.10. The van der Waals surface area contributed by atoms with Gasteiger partial charge in [-0.05, 0) is 29.8 Å². The Labute approximate surface area is 169 Å². The summed E-state index contributed by atoms with van der Waals surface area (Å²) in [5.74, 6) is -0.578. The second-order valence-electron chi connectivity index (χ2n) is 5.41. The van der Waals surface area contributed by atoms with Gasteiger partial charge in [-0.3, -0.25) is 4.79 Å². The summed E-state index contributed by atoms with van der Waals surface area (Å²) in [5, 5.41) is 2.69. The topological polar surface area (TPSA) is 81.7 Å². The molecule has 0 aliphatic heterocycles. The van der Waals surface area contributed by atoms with E-state index in [0.717, 1.165) is 10.0 Å². The summed E-state index contributed by atoms with van der Waals surface area (Å²) >= 11 is 4.93. The molecule has 1 N–H and O–H groups in total. The molecule has 0 fully saturated rings. The van der Waals surface area contributed by atoms with Crippen LogP contribution in [0, 0.1) is 0 Å². The van der Waals surface area contributed by atoms with Gasteiger partial charge in [0.05, 0.1) is 31.1 Å². The molecule has 0 saturated carbocycles. The summed E-state index contributed by atoms with van der Waals surface area (Å²) in [5.41, 5.74) is 1.72. The van der Waals surface area contributed by atoms with Crippen LogP contribution in [0.25, 0.3) is 0 Å². The molecule has 0 atom stereocenters. The van der Waals surface area contributed by atoms with Gasteiger partial charge in [-0.15, -0.1) is 11.8 Å². The number of hydrogen-bond acceptors (Lipinski definition) is 6. The molecular weight excluding hydrogens is 434 g/mol. The molecule has 6 nitrogen and oxygen atoms in total. The Morgan fingerprint density at radius 3 is 2.15 bits per heavy atom. The normalized spacial score (nSPS) is 10.2. The standard InChI is InChI=1S/C19H18BrNO5S/c1-25-18(23)13-7-14(19(24)26-2)9-15(8-13)21-17(22)11-27-10-12-5-3-4-6-16(12)20/h3-9H,10-11H2,1-2H3,(H,21,22). The van der Waals surface area contributed by atoms with Crippen LogP contribution in [0.1, 0.15) is 26.3 Å². The summed E-state index contributed by atoms with van der Waals surface area (Å²) in [6, 6.07) is 12.1. The van der Waals surface area contributed by atoms with Crippen molar-refractivity contribution in [1.29, 1.82) is 0 Å². The molecule has 0 spiro atoms. The molecule has 0 aliphatic rings. The predicted octanol–water partition coefficient (Wildman–Crippen LogP) is 3.89. The van der Waals surface area contributed by atoms with Crippen molar-refractivity contribution in [2.75, 3.05) is 25.3 Å². The van der Waals surface area contributed by atoms with Gasteiger partial charge in [0, 0.05) is 15.9 Å². The average Bonchev–Trinajstić information content (AvgIpc) is 2.67. The molecule has 8 heteroatoms. The fourth-order valence-electron chi connectivity index (χ4n) is 2.24. The van der Waals surface area contributed by atoms with Crippen LogP contribution in [-0.2, 0) is 20.0 Å². The predicted molar refractivity (Wildman–Crippen MR) is 108 cm³/mol. The molecule has 27 heavy (non-hydrogen) atoms. The third-order valence-corrected chi connectivity index (χ3v) is 5.26. The van der Waals surface area contributed by atoms with Crippen LogP contribution in [0.4, 0.5) is 5.69 Å². The van der Waals surface area contributed by atoms with Crippen LogP contribution >= 0.6 is 27.7 Å². The molecule has 0 aromatic heterocycles. The zero-order valence-electron chi connectivity index (χ0n) is 14.8. The van der Waals surface area contributed by atoms with Crippen LogP contribution < -0.4 is 5.32 Å². The number of thioether (sulfide) groups is 1. The number of carbonyl (C=O) groups is 3. The SMILES string of the molecule is COC(=O)c1cc(NC(=O)CSCc2ccccc2Br)cc(C(=O)OC)c1. The monoisotopic (exact) mass is 451 g/mol. The number of carbonyl (C=O) groups excluding carboxylic acids is 3. The zero-order valence-corrected chi connectivity index (χ0v) is 17.2. The average molecular weight is 452 g/mol. The first kappa shape index (κ1) is 21.0. The lowest BCUT2D eigenvalue weighted by Crippen LogP contribution is -2.16. The Hall–Kier alpha value is -2.32. The molecule has 0 unspecified atom stereocenters. The first-order chi connectivity index (χ1) is 12.9. The van der Waals surface area contributed by atoms with E-state index in [0.29, 0.717) is 11.4 Å². The van der Waals surface area contributed by atoms with Crippen molar-refractivity contribution in [3.05, 3.63) is 63.6 Å². The Balaban J connectivity index is 2.04. The number of nitrogens with one attached hydrogen (secondary N) is 1. The highest BCUT2D eigenvalue weighted by Crippen LogP contribution is 2.22. The Morgan fingerprint density at radius 2 is 1.59 bits per heavy atom. The van der Waals surface area contributed by atoms with Gasteiger partial charge in [-0.1, -0.05) is 34.1 Å². The maximum Gasteiger partial charge on any atom is 0.337 e. The van der Waals surface area contributed by atoms with E-state index < -0.39 is 11.9 Å². The van der Waals surface area contributed by atoms with Gasteiger partial charge in [-0.25, -0.2) is 9.59 Å². The first-order valence-corrected chi connectivity index (χ1v) is 9.82. The highest BCUT2D eigenvalue weighted by molar-refractivity contribution is 9.10. The van der Waals surface area contributed by atoms with E-state index in [1.165, 1.54) is 44.2 Å². The maximum atomic E-state index is 12.2. The van der Waals surface area contributed by atoms with Gasteiger partial charge in [0.15, 0.2) is 0 Å². The summed E-state index contributed by atoms with van der Waals surface area (Å²) in [6.45, 7) is 0. The number of amides is 1. The van der Waals surface area contributed by atoms with E-state index in [1.807, 2.05) is 24.3 Å². The van der Waals surface area contributed by atoms with Crippen molar-refractivity contribution in [1.82, 2.24) is 0 Å². The van der Waals surface area contributed by atoms with Crippen LogP contribution in [0.5, 0.6) is 0 Å². The summed E-state index contributed by atoms with van der Waals surface area (Å²) < 4.78 is 10.3. The van der Waals surface area contributed by atoms with Gasteiger partial charge in [0.1, 0.15) is 0 Å². The second kappa shape index (κ2) is 10.1. The number of esters is 2. The summed E-state index contributed by atoms with van der Waals surface area (Å²) in [4.78, 5) is 35.8. The van der Waals surface area contributed by atoms with Crippen molar-refractivity contribution in [3.63, 3.8) is 0 Å². The van der Waals surface area contributed by atoms with Crippen LogP contribution in [0.2, 0.25) is 0 Å². The van der Waals surface area contributed by atoms with Gasteiger partial charge < -0.3 is 14.8 Å². The largest absolute Gasteiger partial charge is 0.465 e. The Bertz CT molecular complexity index is 821. The maximum absolute atomic E-state index is 12.2. The van der Waals surface area contributed by atoms with Crippen molar-refractivity contribution < 1.29 is 23.9 Å². The van der Waals surface area contributed by atoms with Crippen molar-refractivity contribution in [3.8, 4) is 0 Å². The molecular formula is C19H18BrNO5S. The lowest BCUT2D eigenvalue weighted by atomic mass is 10.1. The smallest absolute Gasteiger partial charge is 0.337 e. The summed E-state index contributed by atoms with van der Waals surface area (Å²) in [6.07, 6.45) is 0. The molecule has 0 saturated heterocycles. The third-order valence-electron chi connectivity index (χ3n) is 3.51. The highest BCUT2D eigenvalue weighted by atomic mass is 79.9. The van der Waals surface area contributed by atoms with Crippen LogP contribution in [-0.4, -0.2) is 37.8 Å². The van der Waals surface area contributed by atoms with Crippen molar-refractivity contribution in [2.45, 2.75) is 5.75 Å². The molecule has 0 aliphatic carbocycles. The third kappa shape index (κ3) is 6.11. The molecule has 1 amide bonds. The number of anilines is 1. The fraction of sp³-hybridized carbons (Fsp3) is 0.211. The van der Waals surface area contributed by atoms with Gasteiger partial charge >= 0.3 is 11.9 Å². The Kier molecular flexibility index (Phi) is 7.87. The van der Waals surface area contributed by atoms with Crippen molar-refractivity contribution in [2.24, 2.45) is 0 Å². The number of halogens is 1. The van der Waals surface area contributed by atoms with E-state index in [-0.39, 0.29) is 22.8 Å².